The van der Waals surface area contributed by atoms with Gasteiger partial charge in [-0.1, -0.05) is 65.9 Å². The Balaban J connectivity index is 1.29. The fourth-order valence-corrected chi connectivity index (χ4v) is 3.22. The highest BCUT2D eigenvalue weighted by molar-refractivity contribution is 5.89. The predicted molar refractivity (Wildman–Crippen MR) is 106 cm³/mol. The number of carbonyl (C=O) groups excluding carboxylic acids is 2. The zero-order valence-corrected chi connectivity index (χ0v) is 15.9. The quantitative estimate of drug-likeness (QED) is 0.598. The van der Waals surface area contributed by atoms with E-state index in [9.17, 15) is 9.59 Å². The Morgan fingerprint density at radius 2 is 1.76 bits per heavy atom. The van der Waals surface area contributed by atoms with Gasteiger partial charge >= 0.3 is 5.97 Å². The highest BCUT2D eigenvalue weighted by Crippen LogP contribution is 2.40. The summed E-state index contributed by atoms with van der Waals surface area (Å²) in [6, 6.07) is 19.5. The highest BCUT2D eigenvalue weighted by atomic mass is 16.5. The van der Waals surface area contributed by atoms with Crippen LogP contribution in [0.3, 0.4) is 0 Å². The molecule has 7 heteroatoms. The Bertz CT molecular complexity index is 968. The van der Waals surface area contributed by atoms with Crippen molar-refractivity contribution in [2.45, 2.75) is 25.4 Å². The van der Waals surface area contributed by atoms with Crippen LogP contribution in [0.15, 0.2) is 66.9 Å². The van der Waals surface area contributed by atoms with Gasteiger partial charge in [-0.05, 0) is 29.9 Å². The molecule has 4 rings (SSSR count). The number of hydrogen-bond acceptors (Lipinski definition) is 5. The maximum absolute atomic E-state index is 12.3. The molecule has 3 aromatic rings. The van der Waals surface area contributed by atoms with Crippen molar-refractivity contribution >= 4 is 11.9 Å². The summed E-state index contributed by atoms with van der Waals surface area (Å²) in [7, 11) is 0. The zero-order valence-electron chi connectivity index (χ0n) is 15.9. The summed E-state index contributed by atoms with van der Waals surface area (Å²) in [6.45, 7) is 0.155. The van der Waals surface area contributed by atoms with E-state index in [2.05, 4.69) is 15.6 Å². The van der Waals surface area contributed by atoms with Crippen molar-refractivity contribution in [1.29, 1.82) is 0 Å². The third-order valence-electron chi connectivity index (χ3n) is 4.84. The molecule has 0 spiro atoms. The maximum atomic E-state index is 12.3. The van der Waals surface area contributed by atoms with Crippen molar-refractivity contribution in [2.24, 2.45) is 5.92 Å². The Morgan fingerprint density at radius 3 is 2.45 bits per heavy atom. The molecule has 1 fully saturated rings. The lowest BCUT2D eigenvalue weighted by molar-refractivity contribution is -0.125. The summed E-state index contributed by atoms with van der Waals surface area (Å²) in [5.74, 6) is -0.548. The Labute approximate surface area is 168 Å². The van der Waals surface area contributed by atoms with Crippen molar-refractivity contribution < 1.29 is 14.3 Å². The number of nitrogens with zero attached hydrogens (tertiary/aromatic N) is 3. The molecule has 1 heterocycles. The second-order valence-corrected chi connectivity index (χ2v) is 7.16. The van der Waals surface area contributed by atoms with Crippen LogP contribution in [0, 0.1) is 5.92 Å². The zero-order chi connectivity index (χ0) is 20.1. The fraction of sp³-hybridized carbons (Fsp3) is 0.273. The minimum Gasteiger partial charge on any atom is -0.451 e. The van der Waals surface area contributed by atoms with Crippen LogP contribution in [0.5, 0.6) is 0 Å². The molecule has 148 valence electrons. The smallest absolute Gasteiger partial charge is 0.361 e. The van der Waals surface area contributed by atoms with E-state index in [4.69, 9.17) is 4.74 Å². The van der Waals surface area contributed by atoms with Crippen LogP contribution in [0.2, 0.25) is 0 Å². The Morgan fingerprint density at radius 1 is 1.07 bits per heavy atom. The van der Waals surface area contributed by atoms with Crippen LogP contribution >= 0.6 is 0 Å². The SMILES string of the molecule is O=C(COC(=O)c1cn(Cc2ccccc2)nn1)NC(c1ccccc1)C1CC1. The highest BCUT2D eigenvalue weighted by Gasteiger charge is 2.33. The van der Waals surface area contributed by atoms with E-state index >= 15 is 0 Å². The van der Waals surface area contributed by atoms with Gasteiger partial charge in [0.15, 0.2) is 12.3 Å². The lowest BCUT2D eigenvalue weighted by atomic mass is 10.0. The Kier molecular flexibility index (Phi) is 5.65. The first-order valence-corrected chi connectivity index (χ1v) is 9.64. The van der Waals surface area contributed by atoms with Crippen LogP contribution in [0.25, 0.3) is 0 Å². The van der Waals surface area contributed by atoms with Gasteiger partial charge in [0.25, 0.3) is 5.91 Å². The molecular formula is C22H22N4O3. The van der Waals surface area contributed by atoms with Gasteiger partial charge in [0, 0.05) is 0 Å². The molecule has 7 nitrogen and oxygen atoms in total. The van der Waals surface area contributed by atoms with E-state index in [-0.39, 0.29) is 24.2 Å². The number of ether oxygens (including phenoxy) is 1. The van der Waals surface area contributed by atoms with Crippen LogP contribution in [-0.4, -0.2) is 33.5 Å². The molecular weight excluding hydrogens is 368 g/mol. The molecule has 1 N–H and O–H groups in total. The molecule has 0 bridgehead atoms. The molecule has 0 radical (unpaired) electrons. The molecule has 1 aromatic heterocycles. The summed E-state index contributed by atoms with van der Waals surface area (Å²) in [5, 5.41) is 10.8. The topological polar surface area (TPSA) is 86.1 Å². The van der Waals surface area contributed by atoms with E-state index in [1.54, 1.807) is 4.68 Å². The van der Waals surface area contributed by atoms with Crippen molar-refractivity contribution in [3.8, 4) is 0 Å². The average Bonchev–Trinajstić information content (AvgIpc) is 3.49. The predicted octanol–water partition coefficient (Wildman–Crippen LogP) is 2.75. The van der Waals surface area contributed by atoms with Gasteiger partial charge in [-0.3, -0.25) is 4.79 Å². The lowest BCUT2D eigenvalue weighted by Crippen LogP contribution is -2.33. The van der Waals surface area contributed by atoms with E-state index in [1.807, 2.05) is 60.7 Å². The summed E-state index contributed by atoms with van der Waals surface area (Å²) in [6.07, 6.45) is 3.69. The first-order valence-electron chi connectivity index (χ1n) is 9.64. The molecule has 2 aromatic carbocycles. The van der Waals surface area contributed by atoms with Gasteiger partial charge in [0.2, 0.25) is 0 Å². The number of rotatable bonds is 8. The molecule has 0 saturated heterocycles. The van der Waals surface area contributed by atoms with Crippen LogP contribution < -0.4 is 5.32 Å². The lowest BCUT2D eigenvalue weighted by Gasteiger charge is -2.18. The van der Waals surface area contributed by atoms with Crippen LogP contribution in [0.1, 0.15) is 40.5 Å². The number of hydrogen-bond donors (Lipinski definition) is 1. The van der Waals surface area contributed by atoms with Crippen molar-refractivity contribution in [3.05, 3.63) is 83.7 Å². The van der Waals surface area contributed by atoms with E-state index in [0.29, 0.717) is 12.5 Å². The van der Waals surface area contributed by atoms with Crippen LogP contribution in [-0.2, 0) is 16.1 Å². The number of esters is 1. The summed E-state index contributed by atoms with van der Waals surface area (Å²) < 4.78 is 6.68. The Hall–Kier alpha value is -3.48. The molecule has 1 saturated carbocycles. The minimum absolute atomic E-state index is 0.0471. The largest absolute Gasteiger partial charge is 0.451 e. The minimum atomic E-state index is -0.665. The fourth-order valence-electron chi connectivity index (χ4n) is 3.22. The second kappa shape index (κ2) is 8.68. The van der Waals surface area contributed by atoms with Crippen molar-refractivity contribution in [1.82, 2.24) is 20.3 Å². The van der Waals surface area contributed by atoms with Gasteiger partial charge in [-0.2, -0.15) is 0 Å². The normalized spacial score (nSPS) is 14.2. The van der Waals surface area contributed by atoms with E-state index < -0.39 is 5.97 Å². The number of amides is 1. The van der Waals surface area contributed by atoms with Crippen molar-refractivity contribution in [2.75, 3.05) is 6.61 Å². The summed E-state index contributed by atoms with van der Waals surface area (Å²) in [5.41, 5.74) is 2.19. The standard InChI is InChI=1S/C22H22N4O3/c27-20(23-21(18-11-12-18)17-9-5-2-6-10-17)15-29-22(28)19-14-26(25-24-19)13-16-7-3-1-4-8-16/h1-10,14,18,21H,11-13,15H2,(H,23,27). The van der Waals surface area contributed by atoms with Gasteiger partial charge in [0.1, 0.15) is 0 Å². The summed E-state index contributed by atoms with van der Waals surface area (Å²) in [4.78, 5) is 24.5. The number of nitrogens with one attached hydrogen (secondary N) is 1. The van der Waals surface area contributed by atoms with Gasteiger partial charge in [-0.15, -0.1) is 5.10 Å². The molecule has 1 amide bonds. The second-order valence-electron chi connectivity index (χ2n) is 7.16. The van der Waals surface area contributed by atoms with Gasteiger partial charge in [-0.25, -0.2) is 9.48 Å². The van der Waals surface area contributed by atoms with Crippen molar-refractivity contribution in [3.63, 3.8) is 0 Å². The number of carbonyl (C=O) groups is 2. The summed E-state index contributed by atoms with van der Waals surface area (Å²) >= 11 is 0. The molecule has 29 heavy (non-hydrogen) atoms. The molecule has 1 aliphatic rings. The average molecular weight is 390 g/mol. The molecule has 1 atom stereocenters. The molecule has 1 unspecified atom stereocenters. The number of aromatic nitrogens is 3. The monoisotopic (exact) mass is 390 g/mol. The van der Waals surface area contributed by atoms with E-state index in [1.165, 1.54) is 6.20 Å². The van der Waals surface area contributed by atoms with Crippen LogP contribution in [0.4, 0.5) is 0 Å². The third kappa shape index (κ3) is 5.07. The number of benzene rings is 2. The molecule has 1 aliphatic carbocycles. The molecule has 0 aliphatic heterocycles. The first-order chi connectivity index (χ1) is 14.2. The maximum Gasteiger partial charge on any atom is 0.361 e. The van der Waals surface area contributed by atoms with Gasteiger partial charge < -0.3 is 10.1 Å². The van der Waals surface area contributed by atoms with Gasteiger partial charge in [0.05, 0.1) is 18.8 Å². The first kappa shape index (κ1) is 18.9. The third-order valence-corrected chi connectivity index (χ3v) is 4.84. The van der Waals surface area contributed by atoms with E-state index in [0.717, 1.165) is 24.0 Å².